The fourth-order valence-electron chi connectivity index (χ4n) is 4.26. The molecule has 3 rings (SSSR count). The Morgan fingerprint density at radius 2 is 1.54 bits per heavy atom. The van der Waals surface area contributed by atoms with Crippen LogP contribution < -0.4 is 5.32 Å². The molecule has 2 atom stereocenters. The van der Waals surface area contributed by atoms with Crippen LogP contribution in [0.1, 0.15) is 25.0 Å². The SMILES string of the molecule is CC(C)CN(C[C@@H](O)C(Cc1ccccc1)NC(=O)OCc1ccccc1)S(=O)(=O)N1CCN(C)CC1. The van der Waals surface area contributed by atoms with Gasteiger partial charge < -0.3 is 20.1 Å². The van der Waals surface area contributed by atoms with E-state index in [9.17, 15) is 18.3 Å². The van der Waals surface area contributed by atoms with E-state index in [1.54, 1.807) is 0 Å². The summed E-state index contributed by atoms with van der Waals surface area (Å²) in [7, 11) is -1.81. The predicted molar refractivity (Wildman–Crippen MR) is 144 cm³/mol. The van der Waals surface area contributed by atoms with Gasteiger partial charge in [0.1, 0.15) is 6.61 Å². The lowest BCUT2D eigenvalue weighted by Crippen LogP contribution is -2.56. The molecule has 1 aliphatic heterocycles. The van der Waals surface area contributed by atoms with Gasteiger partial charge in [0.25, 0.3) is 10.2 Å². The topological polar surface area (TPSA) is 102 Å². The highest BCUT2D eigenvalue weighted by Gasteiger charge is 2.35. The summed E-state index contributed by atoms with van der Waals surface area (Å²) in [6, 6.07) is 18.1. The van der Waals surface area contributed by atoms with Gasteiger partial charge in [-0.25, -0.2) is 4.79 Å². The molecule has 1 fully saturated rings. The molecular formula is C27H40N4O5S. The highest BCUT2D eigenvalue weighted by Crippen LogP contribution is 2.17. The van der Waals surface area contributed by atoms with Crippen molar-refractivity contribution >= 4 is 16.3 Å². The van der Waals surface area contributed by atoms with Crippen LogP contribution in [0, 0.1) is 5.92 Å². The minimum Gasteiger partial charge on any atom is -0.445 e. The van der Waals surface area contributed by atoms with E-state index in [0.29, 0.717) is 32.6 Å². The number of carbonyl (C=O) groups is 1. The minimum atomic E-state index is -3.78. The van der Waals surface area contributed by atoms with Crippen LogP contribution in [0.15, 0.2) is 60.7 Å². The Morgan fingerprint density at radius 1 is 0.973 bits per heavy atom. The molecule has 1 saturated heterocycles. The number of likely N-dealkylation sites (N-methyl/N-ethyl adjacent to an activating group) is 1. The third-order valence-corrected chi connectivity index (χ3v) is 8.32. The number of ether oxygens (including phenoxy) is 1. The number of benzene rings is 2. The van der Waals surface area contributed by atoms with E-state index in [2.05, 4.69) is 10.2 Å². The number of alkyl carbamates (subject to hydrolysis) is 1. The number of nitrogens with one attached hydrogen (secondary N) is 1. The summed E-state index contributed by atoms with van der Waals surface area (Å²) in [6.07, 6.45) is -1.49. The molecule has 204 valence electrons. The van der Waals surface area contributed by atoms with Crippen molar-refractivity contribution in [3.8, 4) is 0 Å². The summed E-state index contributed by atoms with van der Waals surface area (Å²) in [6.45, 7) is 6.23. The highest BCUT2D eigenvalue weighted by atomic mass is 32.2. The molecule has 2 N–H and O–H groups in total. The lowest BCUT2D eigenvalue weighted by molar-refractivity contribution is 0.0852. The van der Waals surface area contributed by atoms with Crippen molar-refractivity contribution in [2.75, 3.05) is 46.3 Å². The second-order valence-corrected chi connectivity index (χ2v) is 11.9. The summed E-state index contributed by atoms with van der Waals surface area (Å²) in [5, 5.41) is 14.1. The van der Waals surface area contributed by atoms with E-state index in [-0.39, 0.29) is 25.6 Å². The van der Waals surface area contributed by atoms with Crippen molar-refractivity contribution in [2.24, 2.45) is 5.92 Å². The molecule has 1 heterocycles. The van der Waals surface area contributed by atoms with Gasteiger partial charge in [0.05, 0.1) is 12.1 Å². The Balaban J connectivity index is 1.74. The van der Waals surface area contributed by atoms with E-state index in [0.717, 1.165) is 11.1 Å². The first-order chi connectivity index (χ1) is 17.6. The lowest BCUT2D eigenvalue weighted by atomic mass is 10.0. The van der Waals surface area contributed by atoms with Gasteiger partial charge >= 0.3 is 6.09 Å². The Bertz CT molecular complexity index is 1060. The van der Waals surface area contributed by atoms with Gasteiger partial charge in [0.2, 0.25) is 0 Å². The van der Waals surface area contributed by atoms with E-state index < -0.39 is 28.4 Å². The van der Waals surface area contributed by atoms with Crippen LogP contribution >= 0.6 is 0 Å². The zero-order valence-corrected chi connectivity index (χ0v) is 22.8. The first-order valence-electron chi connectivity index (χ1n) is 12.8. The van der Waals surface area contributed by atoms with Crippen LogP contribution in [0.3, 0.4) is 0 Å². The summed E-state index contributed by atoms with van der Waals surface area (Å²) in [5.41, 5.74) is 1.76. The molecule has 0 aliphatic carbocycles. The molecular weight excluding hydrogens is 492 g/mol. The van der Waals surface area contributed by atoms with Gasteiger partial charge in [0.15, 0.2) is 0 Å². The van der Waals surface area contributed by atoms with E-state index in [1.165, 1.54) is 8.61 Å². The average molecular weight is 533 g/mol. The van der Waals surface area contributed by atoms with Crippen molar-refractivity contribution in [1.82, 2.24) is 18.8 Å². The zero-order chi connectivity index (χ0) is 26.8. The number of carbonyl (C=O) groups excluding carboxylic acids is 1. The Hall–Kier alpha value is -2.50. The fraction of sp³-hybridized carbons (Fsp3) is 0.519. The molecule has 2 aromatic carbocycles. The summed E-state index contributed by atoms with van der Waals surface area (Å²) < 4.78 is 35.3. The summed E-state index contributed by atoms with van der Waals surface area (Å²) >= 11 is 0. The number of rotatable bonds is 12. The maximum Gasteiger partial charge on any atom is 0.407 e. The second kappa shape index (κ2) is 13.9. The van der Waals surface area contributed by atoms with Gasteiger partial charge in [-0.3, -0.25) is 0 Å². The van der Waals surface area contributed by atoms with Crippen molar-refractivity contribution in [2.45, 2.75) is 39.0 Å². The highest BCUT2D eigenvalue weighted by molar-refractivity contribution is 7.86. The first kappa shape index (κ1) is 29.1. The molecule has 0 bridgehead atoms. The molecule has 1 aliphatic rings. The van der Waals surface area contributed by atoms with Gasteiger partial charge in [-0.1, -0.05) is 74.5 Å². The molecule has 1 unspecified atom stereocenters. The molecule has 0 radical (unpaired) electrons. The molecule has 10 heteroatoms. The normalized spacial score (nSPS) is 17.0. The van der Waals surface area contributed by atoms with E-state index in [4.69, 9.17) is 4.74 Å². The zero-order valence-electron chi connectivity index (χ0n) is 22.0. The predicted octanol–water partition coefficient (Wildman–Crippen LogP) is 2.34. The van der Waals surface area contributed by atoms with E-state index >= 15 is 0 Å². The third-order valence-electron chi connectivity index (χ3n) is 6.35. The van der Waals surface area contributed by atoms with Crippen LogP contribution in [0.4, 0.5) is 4.79 Å². The number of hydrogen-bond donors (Lipinski definition) is 2. The molecule has 1 amide bonds. The minimum absolute atomic E-state index is 0.0609. The van der Waals surface area contributed by atoms with Crippen molar-refractivity contribution in [1.29, 1.82) is 0 Å². The monoisotopic (exact) mass is 532 g/mol. The average Bonchev–Trinajstić information content (AvgIpc) is 2.88. The van der Waals surface area contributed by atoms with Gasteiger partial charge in [0, 0.05) is 39.3 Å². The number of aliphatic hydroxyl groups excluding tert-OH is 1. The molecule has 37 heavy (non-hydrogen) atoms. The Morgan fingerprint density at radius 3 is 2.11 bits per heavy atom. The second-order valence-electron chi connectivity index (χ2n) is 9.99. The maximum absolute atomic E-state index is 13.5. The largest absolute Gasteiger partial charge is 0.445 e. The third kappa shape index (κ3) is 9.08. The molecule has 0 aromatic heterocycles. The van der Waals surface area contributed by atoms with E-state index in [1.807, 2.05) is 81.6 Å². The van der Waals surface area contributed by atoms with Crippen molar-refractivity contribution in [3.05, 3.63) is 71.8 Å². The van der Waals surface area contributed by atoms with Crippen molar-refractivity contribution < 1.29 is 23.1 Å². The number of hydrogen-bond acceptors (Lipinski definition) is 6. The van der Waals surface area contributed by atoms with Crippen LogP contribution in [0.25, 0.3) is 0 Å². The molecule has 0 spiro atoms. The Labute approximate surface area is 221 Å². The van der Waals surface area contributed by atoms with Gasteiger partial charge in [-0.2, -0.15) is 17.0 Å². The summed E-state index contributed by atoms with van der Waals surface area (Å²) in [4.78, 5) is 14.8. The smallest absolute Gasteiger partial charge is 0.407 e. The fourth-order valence-corrected chi connectivity index (χ4v) is 6.03. The molecule has 0 saturated carbocycles. The number of amides is 1. The molecule has 2 aromatic rings. The van der Waals surface area contributed by atoms with Crippen LogP contribution in [0.2, 0.25) is 0 Å². The van der Waals surface area contributed by atoms with Gasteiger partial charge in [-0.05, 0) is 30.5 Å². The summed E-state index contributed by atoms with van der Waals surface area (Å²) in [5.74, 6) is 0.0609. The van der Waals surface area contributed by atoms with Gasteiger partial charge in [-0.15, -0.1) is 0 Å². The maximum atomic E-state index is 13.5. The standard InChI is InChI=1S/C27H40N4O5S/c1-22(2)19-31(37(34,35)30-16-14-29(3)15-17-30)20-26(32)25(18-23-10-6-4-7-11-23)28-27(33)36-21-24-12-8-5-9-13-24/h4-13,22,25-26,32H,14-21H2,1-3H3,(H,28,33)/t25?,26-/m1/s1. The number of nitrogens with zero attached hydrogens (tertiary/aromatic N) is 3. The lowest BCUT2D eigenvalue weighted by Gasteiger charge is -2.37. The number of piperazine rings is 1. The van der Waals surface area contributed by atoms with Crippen LogP contribution in [0.5, 0.6) is 0 Å². The quantitative estimate of drug-likeness (QED) is 0.435. The van der Waals surface area contributed by atoms with Crippen molar-refractivity contribution in [3.63, 3.8) is 0 Å². The Kier molecular flexibility index (Phi) is 10.9. The van der Waals surface area contributed by atoms with Crippen LogP contribution in [-0.4, -0.2) is 91.6 Å². The first-order valence-corrected chi connectivity index (χ1v) is 14.2. The number of aliphatic hydroxyl groups is 1. The molecule has 9 nitrogen and oxygen atoms in total. The van der Waals surface area contributed by atoms with Crippen LogP contribution in [-0.2, 0) is 28.0 Å².